The molecular formula is C15H14BrN3O4. The second kappa shape index (κ2) is 7.59. The highest BCUT2D eigenvalue weighted by Crippen LogP contribution is 2.28. The van der Waals surface area contributed by atoms with E-state index in [1.165, 1.54) is 25.3 Å². The van der Waals surface area contributed by atoms with Gasteiger partial charge in [-0.25, -0.2) is 0 Å². The SMILES string of the molecule is COc1ccc([N+](=O)[O-])cc1NC(=O)CNc1cccc(Br)c1. The normalized spacial score (nSPS) is 10.0. The number of carbonyl (C=O) groups excluding carboxylic acids is 1. The molecule has 2 aromatic rings. The van der Waals surface area contributed by atoms with Gasteiger partial charge >= 0.3 is 0 Å². The van der Waals surface area contributed by atoms with Crippen LogP contribution >= 0.6 is 15.9 Å². The van der Waals surface area contributed by atoms with Gasteiger partial charge in [0.2, 0.25) is 5.91 Å². The number of methoxy groups -OCH3 is 1. The maximum atomic E-state index is 12.0. The van der Waals surface area contributed by atoms with E-state index in [9.17, 15) is 14.9 Å². The Bertz CT molecular complexity index is 736. The van der Waals surface area contributed by atoms with Crippen molar-refractivity contribution in [3.8, 4) is 5.75 Å². The van der Waals surface area contributed by atoms with Crippen molar-refractivity contribution in [3.05, 3.63) is 57.1 Å². The molecule has 120 valence electrons. The number of benzene rings is 2. The van der Waals surface area contributed by atoms with Gasteiger partial charge < -0.3 is 15.4 Å². The lowest BCUT2D eigenvalue weighted by Gasteiger charge is -2.11. The number of hydrogen-bond donors (Lipinski definition) is 2. The number of rotatable bonds is 6. The second-order valence-electron chi connectivity index (χ2n) is 4.55. The number of amides is 1. The Hall–Kier alpha value is -2.61. The highest BCUT2D eigenvalue weighted by atomic mass is 79.9. The highest BCUT2D eigenvalue weighted by molar-refractivity contribution is 9.10. The van der Waals surface area contributed by atoms with Crippen LogP contribution in [0.4, 0.5) is 17.1 Å². The van der Waals surface area contributed by atoms with Crippen molar-refractivity contribution in [1.29, 1.82) is 0 Å². The summed E-state index contributed by atoms with van der Waals surface area (Å²) in [4.78, 5) is 22.3. The first-order chi connectivity index (χ1) is 11.0. The minimum Gasteiger partial charge on any atom is -0.495 e. The largest absolute Gasteiger partial charge is 0.495 e. The average molecular weight is 380 g/mol. The van der Waals surface area contributed by atoms with Crippen LogP contribution in [0.2, 0.25) is 0 Å². The number of halogens is 1. The van der Waals surface area contributed by atoms with E-state index in [1.54, 1.807) is 0 Å². The Morgan fingerprint density at radius 3 is 2.74 bits per heavy atom. The Morgan fingerprint density at radius 1 is 1.30 bits per heavy atom. The Kier molecular flexibility index (Phi) is 5.53. The third-order valence-corrected chi connectivity index (χ3v) is 3.44. The van der Waals surface area contributed by atoms with Crippen LogP contribution in [-0.2, 0) is 4.79 Å². The number of nitro benzene ring substituents is 1. The first-order valence-electron chi connectivity index (χ1n) is 6.61. The molecule has 2 aromatic carbocycles. The number of ether oxygens (including phenoxy) is 1. The summed E-state index contributed by atoms with van der Waals surface area (Å²) < 4.78 is 5.99. The van der Waals surface area contributed by atoms with E-state index in [4.69, 9.17) is 4.74 Å². The van der Waals surface area contributed by atoms with Gasteiger partial charge in [-0.1, -0.05) is 22.0 Å². The summed E-state index contributed by atoms with van der Waals surface area (Å²) in [6.45, 7) is 0.0162. The lowest BCUT2D eigenvalue weighted by molar-refractivity contribution is -0.384. The van der Waals surface area contributed by atoms with Gasteiger partial charge in [-0.3, -0.25) is 14.9 Å². The molecule has 0 aromatic heterocycles. The number of nitrogens with zero attached hydrogens (tertiary/aromatic N) is 1. The van der Waals surface area contributed by atoms with Crippen molar-refractivity contribution in [2.45, 2.75) is 0 Å². The average Bonchev–Trinajstić information content (AvgIpc) is 2.53. The smallest absolute Gasteiger partial charge is 0.271 e. The van der Waals surface area contributed by atoms with Gasteiger partial charge in [-0.2, -0.15) is 0 Å². The molecule has 0 aliphatic rings. The highest BCUT2D eigenvalue weighted by Gasteiger charge is 2.13. The quantitative estimate of drug-likeness (QED) is 0.592. The molecule has 0 unspecified atom stereocenters. The van der Waals surface area contributed by atoms with Crippen molar-refractivity contribution in [2.24, 2.45) is 0 Å². The second-order valence-corrected chi connectivity index (χ2v) is 5.47. The zero-order valence-corrected chi connectivity index (χ0v) is 13.8. The standard InChI is InChI=1S/C15H14BrN3O4/c1-23-14-6-5-12(19(21)22)8-13(14)18-15(20)9-17-11-4-2-3-10(16)7-11/h2-8,17H,9H2,1H3,(H,18,20). The maximum absolute atomic E-state index is 12.0. The molecule has 23 heavy (non-hydrogen) atoms. The van der Waals surface area contributed by atoms with Crippen LogP contribution in [0.3, 0.4) is 0 Å². The van der Waals surface area contributed by atoms with Crippen LogP contribution in [-0.4, -0.2) is 24.5 Å². The number of nitrogens with one attached hydrogen (secondary N) is 2. The fourth-order valence-corrected chi connectivity index (χ4v) is 2.28. The summed E-state index contributed by atoms with van der Waals surface area (Å²) in [5, 5.41) is 16.4. The fraction of sp³-hybridized carbons (Fsp3) is 0.133. The molecule has 0 bridgehead atoms. The molecule has 7 nitrogen and oxygen atoms in total. The molecule has 2 rings (SSSR count). The lowest BCUT2D eigenvalue weighted by atomic mass is 10.2. The van der Waals surface area contributed by atoms with Gasteiger partial charge in [0.05, 0.1) is 24.3 Å². The number of carbonyl (C=O) groups is 1. The monoisotopic (exact) mass is 379 g/mol. The summed E-state index contributed by atoms with van der Waals surface area (Å²) in [5.41, 5.74) is 0.907. The summed E-state index contributed by atoms with van der Waals surface area (Å²) in [6.07, 6.45) is 0. The Morgan fingerprint density at radius 2 is 2.09 bits per heavy atom. The third kappa shape index (κ3) is 4.68. The molecule has 0 saturated carbocycles. The number of non-ortho nitro benzene ring substituents is 1. The molecule has 0 fully saturated rings. The van der Waals surface area contributed by atoms with Crippen molar-refractivity contribution >= 4 is 38.9 Å². The van der Waals surface area contributed by atoms with Crippen LogP contribution < -0.4 is 15.4 Å². The number of hydrogen-bond acceptors (Lipinski definition) is 5. The van der Waals surface area contributed by atoms with Crippen LogP contribution in [0.25, 0.3) is 0 Å². The topological polar surface area (TPSA) is 93.5 Å². The molecular weight excluding hydrogens is 366 g/mol. The van der Waals surface area contributed by atoms with Gasteiger partial charge in [0.15, 0.2) is 0 Å². The molecule has 0 radical (unpaired) electrons. The van der Waals surface area contributed by atoms with Gasteiger partial charge in [0.25, 0.3) is 5.69 Å². The zero-order chi connectivity index (χ0) is 16.8. The predicted octanol–water partition coefficient (Wildman–Crippen LogP) is 3.42. The third-order valence-electron chi connectivity index (χ3n) is 2.95. The summed E-state index contributed by atoms with van der Waals surface area (Å²) in [6, 6.07) is 11.4. The Balaban J connectivity index is 2.04. The summed E-state index contributed by atoms with van der Waals surface area (Å²) in [5.74, 6) is 0.00943. The van der Waals surface area contributed by atoms with Crippen molar-refractivity contribution < 1.29 is 14.5 Å². The van der Waals surface area contributed by atoms with Gasteiger partial charge in [-0.05, 0) is 24.3 Å². The van der Waals surface area contributed by atoms with E-state index in [0.29, 0.717) is 5.75 Å². The van der Waals surface area contributed by atoms with Crippen LogP contribution in [0, 0.1) is 10.1 Å². The van der Waals surface area contributed by atoms with E-state index >= 15 is 0 Å². The van der Waals surface area contributed by atoms with E-state index in [0.717, 1.165) is 10.2 Å². The predicted molar refractivity (Wildman–Crippen MR) is 90.9 cm³/mol. The minimum atomic E-state index is -0.533. The van der Waals surface area contributed by atoms with Gasteiger partial charge in [0, 0.05) is 22.3 Å². The lowest BCUT2D eigenvalue weighted by Crippen LogP contribution is -2.22. The zero-order valence-electron chi connectivity index (χ0n) is 12.2. The number of anilines is 2. The molecule has 0 spiro atoms. The van der Waals surface area contributed by atoms with Crippen molar-refractivity contribution in [1.82, 2.24) is 0 Å². The van der Waals surface area contributed by atoms with E-state index in [-0.39, 0.29) is 23.8 Å². The van der Waals surface area contributed by atoms with Crippen LogP contribution in [0.15, 0.2) is 46.9 Å². The van der Waals surface area contributed by atoms with E-state index in [2.05, 4.69) is 26.6 Å². The van der Waals surface area contributed by atoms with Gasteiger partial charge in [-0.15, -0.1) is 0 Å². The van der Waals surface area contributed by atoms with Crippen LogP contribution in [0.5, 0.6) is 5.75 Å². The minimum absolute atomic E-state index is 0.0162. The van der Waals surface area contributed by atoms with Crippen molar-refractivity contribution in [3.63, 3.8) is 0 Å². The Labute approximate surface area is 140 Å². The summed E-state index contributed by atoms with van der Waals surface area (Å²) in [7, 11) is 1.43. The molecule has 0 atom stereocenters. The van der Waals surface area contributed by atoms with Crippen molar-refractivity contribution in [2.75, 3.05) is 24.3 Å². The molecule has 0 aliphatic heterocycles. The first-order valence-corrected chi connectivity index (χ1v) is 7.40. The molecule has 0 saturated heterocycles. The maximum Gasteiger partial charge on any atom is 0.271 e. The first kappa shape index (κ1) is 16.8. The molecule has 8 heteroatoms. The molecule has 2 N–H and O–H groups in total. The molecule has 0 aliphatic carbocycles. The van der Waals surface area contributed by atoms with Crippen LogP contribution in [0.1, 0.15) is 0 Å². The number of nitro groups is 1. The van der Waals surface area contributed by atoms with Gasteiger partial charge in [0.1, 0.15) is 5.75 Å². The fourth-order valence-electron chi connectivity index (χ4n) is 1.88. The van der Waals surface area contributed by atoms with E-state index < -0.39 is 4.92 Å². The summed E-state index contributed by atoms with van der Waals surface area (Å²) >= 11 is 3.34. The molecule has 0 heterocycles. The molecule has 1 amide bonds. The van der Waals surface area contributed by atoms with E-state index in [1.807, 2.05) is 24.3 Å².